The Morgan fingerprint density at radius 2 is 1.76 bits per heavy atom. The van der Waals surface area contributed by atoms with Gasteiger partial charge in [0.2, 0.25) is 5.28 Å². The molecule has 6 nitrogen and oxygen atoms in total. The molecule has 1 N–H and O–H groups in total. The summed E-state index contributed by atoms with van der Waals surface area (Å²) in [6.45, 7) is 0.801. The molecule has 0 fully saturated rings. The fourth-order valence-corrected chi connectivity index (χ4v) is 2.65. The van der Waals surface area contributed by atoms with E-state index in [-0.39, 0.29) is 5.28 Å². The molecule has 0 aliphatic rings. The SMILES string of the molecule is Clc1nc(NCc2ccco2)c2cccc(OCc3ccco3)c2n1. The number of furan rings is 2. The van der Waals surface area contributed by atoms with Crippen molar-refractivity contribution in [3.05, 3.63) is 71.8 Å². The van der Waals surface area contributed by atoms with E-state index in [1.807, 2.05) is 42.5 Å². The molecule has 0 saturated carbocycles. The highest BCUT2D eigenvalue weighted by atomic mass is 35.5. The highest BCUT2D eigenvalue weighted by Gasteiger charge is 2.12. The van der Waals surface area contributed by atoms with Gasteiger partial charge in [-0.15, -0.1) is 0 Å². The maximum Gasteiger partial charge on any atom is 0.225 e. The van der Waals surface area contributed by atoms with Gasteiger partial charge >= 0.3 is 0 Å². The zero-order valence-electron chi connectivity index (χ0n) is 13.1. The van der Waals surface area contributed by atoms with E-state index in [1.165, 1.54) is 0 Å². The van der Waals surface area contributed by atoms with Crippen molar-refractivity contribution in [3.63, 3.8) is 0 Å². The van der Waals surface area contributed by atoms with E-state index in [0.717, 1.165) is 16.9 Å². The molecule has 7 heteroatoms. The number of ether oxygens (including phenoxy) is 1. The second-order valence-electron chi connectivity index (χ2n) is 5.29. The van der Waals surface area contributed by atoms with Gasteiger partial charge < -0.3 is 18.9 Å². The molecule has 0 unspecified atom stereocenters. The Hall–Kier alpha value is -2.99. The van der Waals surface area contributed by atoms with Gasteiger partial charge in [-0.3, -0.25) is 0 Å². The highest BCUT2D eigenvalue weighted by Crippen LogP contribution is 2.30. The average molecular weight is 356 g/mol. The first-order valence-electron chi connectivity index (χ1n) is 7.67. The number of para-hydroxylation sites is 1. The van der Waals surface area contributed by atoms with Gasteiger partial charge in [0.15, 0.2) is 0 Å². The molecular formula is C18H14ClN3O3. The van der Waals surface area contributed by atoms with Crippen molar-refractivity contribution in [1.29, 1.82) is 0 Å². The molecule has 3 aromatic heterocycles. The largest absolute Gasteiger partial charge is 0.483 e. The van der Waals surface area contributed by atoms with Gasteiger partial charge in [-0.05, 0) is 48.0 Å². The molecular weight excluding hydrogens is 342 g/mol. The minimum absolute atomic E-state index is 0.142. The van der Waals surface area contributed by atoms with Crippen molar-refractivity contribution in [1.82, 2.24) is 9.97 Å². The first kappa shape index (κ1) is 15.5. The summed E-state index contributed by atoms with van der Waals surface area (Å²) in [7, 11) is 0. The third-order valence-electron chi connectivity index (χ3n) is 3.62. The number of aromatic nitrogens is 2. The molecule has 1 aromatic carbocycles. The fraction of sp³-hybridized carbons (Fsp3) is 0.111. The topological polar surface area (TPSA) is 73.3 Å². The summed E-state index contributed by atoms with van der Waals surface area (Å²) in [6.07, 6.45) is 3.24. The van der Waals surface area contributed by atoms with Crippen molar-refractivity contribution < 1.29 is 13.6 Å². The molecule has 0 spiro atoms. The number of rotatable bonds is 6. The molecule has 3 heterocycles. The van der Waals surface area contributed by atoms with E-state index < -0.39 is 0 Å². The van der Waals surface area contributed by atoms with Crippen LogP contribution in [0.3, 0.4) is 0 Å². The van der Waals surface area contributed by atoms with Crippen LogP contribution in [-0.4, -0.2) is 9.97 Å². The Kier molecular flexibility index (Phi) is 4.26. The predicted molar refractivity (Wildman–Crippen MR) is 93.6 cm³/mol. The molecule has 0 atom stereocenters. The number of nitrogens with one attached hydrogen (secondary N) is 1. The molecule has 0 saturated heterocycles. The number of fused-ring (bicyclic) bond motifs is 1. The van der Waals surface area contributed by atoms with Crippen LogP contribution >= 0.6 is 11.6 Å². The van der Waals surface area contributed by atoms with Gasteiger partial charge in [-0.25, -0.2) is 9.97 Å². The Labute approximate surface area is 148 Å². The molecule has 0 aliphatic carbocycles. The Morgan fingerprint density at radius 1 is 0.960 bits per heavy atom. The van der Waals surface area contributed by atoms with Crippen LogP contribution in [0.5, 0.6) is 5.75 Å². The van der Waals surface area contributed by atoms with Crippen LogP contribution in [0.4, 0.5) is 5.82 Å². The highest BCUT2D eigenvalue weighted by molar-refractivity contribution is 6.29. The second-order valence-corrected chi connectivity index (χ2v) is 5.63. The minimum atomic E-state index is 0.142. The van der Waals surface area contributed by atoms with Gasteiger partial charge in [0.05, 0.1) is 19.1 Å². The monoisotopic (exact) mass is 355 g/mol. The third kappa shape index (κ3) is 3.44. The van der Waals surface area contributed by atoms with Crippen molar-refractivity contribution in [2.45, 2.75) is 13.2 Å². The number of benzene rings is 1. The molecule has 25 heavy (non-hydrogen) atoms. The van der Waals surface area contributed by atoms with E-state index in [2.05, 4.69) is 15.3 Å². The third-order valence-corrected chi connectivity index (χ3v) is 3.79. The number of hydrogen-bond acceptors (Lipinski definition) is 6. The zero-order chi connectivity index (χ0) is 17.1. The van der Waals surface area contributed by atoms with Gasteiger partial charge in [-0.2, -0.15) is 0 Å². The Balaban J connectivity index is 1.63. The summed E-state index contributed by atoms with van der Waals surface area (Å²) in [5, 5.41) is 4.18. The molecule has 4 aromatic rings. The summed E-state index contributed by atoms with van der Waals surface area (Å²) in [4.78, 5) is 8.60. The zero-order valence-corrected chi connectivity index (χ0v) is 13.9. The van der Waals surface area contributed by atoms with Gasteiger partial charge in [0, 0.05) is 5.39 Å². The Bertz CT molecular complexity index is 969. The molecule has 0 radical (unpaired) electrons. The lowest BCUT2D eigenvalue weighted by Gasteiger charge is -2.11. The summed E-state index contributed by atoms with van der Waals surface area (Å²) in [5.74, 6) is 2.76. The van der Waals surface area contributed by atoms with Crippen molar-refractivity contribution in [2.24, 2.45) is 0 Å². The molecule has 0 amide bonds. The number of halogens is 1. The number of nitrogens with zero attached hydrogens (tertiary/aromatic N) is 2. The first-order chi connectivity index (χ1) is 12.3. The number of hydrogen-bond donors (Lipinski definition) is 1. The van der Waals surface area contributed by atoms with Gasteiger partial charge in [0.1, 0.15) is 35.2 Å². The van der Waals surface area contributed by atoms with Crippen LogP contribution in [0, 0.1) is 0 Å². The van der Waals surface area contributed by atoms with Crippen molar-refractivity contribution >= 4 is 28.3 Å². The van der Waals surface area contributed by atoms with Crippen LogP contribution < -0.4 is 10.1 Å². The van der Waals surface area contributed by atoms with Crippen molar-refractivity contribution in [2.75, 3.05) is 5.32 Å². The van der Waals surface area contributed by atoms with Crippen molar-refractivity contribution in [3.8, 4) is 5.75 Å². The van der Waals surface area contributed by atoms with Crippen LogP contribution in [0.1, 0.15) is 11.5 Å². The summed E-state index contributed by atoms with van der Waals surface area (Å²) in [5.41, 5.74) is 0.635. The second kappa shape index (κ2) is 6.86. The fourth-order valence-electron chi connectivity index (χ4n) is 2.48. The van der Waals surface area contributed by atoms with E-state index in [0.29, 0.717) is 30.2 Å². The first-order valence-corrected chi connectivity index (χ1v) is 8.05. The minimum Gasteiger partial charge on any atom is -0.483 e. The van der Waals surface area contributed by atoms with Crippen LogP contribution in [0.25, 0.3) is 10.9 Å². The standard InChI is InChI=1S/C18H14ClN3O3/c19-18-21-16-14(17(22-18)20-10-12-4-2-8-23-12)6-1-7-15(16)25-11-13-5-3-9-24-13/h1-9H,10-11H2,(H,20,21,22). The molecule has 0 bridgehead atoms. The summed E-state index contributed by atoms with van der Waals surface area (Å²) < 4.78 is 16.5. The molecule has 0 aliphatic heterocycles. The van der Waals surface area contributed by atoms with Gasteiger partial charge in [-0.1, -0.05) is 6.07 Å². The smallest absolute Gasteiger partial charge is 0.225 e. The normalized spacial score (nSPS) is 10.9. The van der Waals surface area contributed by atoms with Crippen LogP contribution in [0.2, 0.25) is 5.28 Å². The lowest BCUT2D eigenvalue weighted by molar-refractivity contribution is 0.273. The van der Waals surface area contributed by atoms with E-state index in [4.69, 9.17) is 25.2 Å². The average Bonchev–Trinajstić information content (AvgIpc) is 3.31. The number of anilines is 1. The summed E-state index contributed by atoms with van der Waals surface area (Å²) in [6, 6.07) is 13.0. The Morgan fingerprint density at radius 3 is 2.52 bits per heavy atom. The maximum atomic E-state index is 6.10. The molecule has 126 valence electrons. The molecule has 4 rings (SSSR count). The van der Waals surface area contributed by atoms with E-state index in [1.54, 1.807) is 12.5 Å². The maximum absolute atomic E-state index is 6.10. The van der Waals surface area contributed by atoms with Gasteiger partial charge in [0.25, 0.3) is 0 Å². The van der Waals surface area contributed by atoms with E-state index in [9.17, 15) is 0 Å². The lowest BCUT2D eigenvalue weighted by atomic mass is 10.2. The predicted octanol–water partition coefficient (Wildman–Crippen LogP) is 4.66. The van der Waals surface area contributed by atoms with Crippen LogP contribution in [-0.2, 0) is 13.2 Å². The van der Waals surface area contributed by atoms with E-state index >= 15 is 0 Å². The lowest BCUT2D eigenvalue weighted by Crippen LogP contribution is -2.03. The quantitative estimate of drug-likeness (QED) is 0.507. The summed E-state index contributed by atoms with van der Waals surface area (Å²) >= 11 is 6.10. The van der Waals surface area contributed by atoms with Crippen LogP contribution in [0.15, 0.2) is 63.8 Å².